The van der Waals surface area contributed by atoms with E-state index in [1.165, 1.54) is 11.3 Å². The summed E-state index contributed by atoms with van der Waals surface area (Å²) in [5.41, 5.74) is 0.123. The molecule has 90 valence electrons. The molecule has 0 unspecified atom stereocenters. The van der Waals surface area contributed by atoms with E-state index in [0.717, 1.165) is 9.88 Å². The summed E-state index contributed by atoms with van der Waals surface area (Å²) >= 11 is 2.96. The van der Waals surface area contributed by atoms with E-state index in [9.17, 15) is 4.79 Å². The van der Waals surface area contributed by atoms with Crippen LogP contribution in [-0.2, 0) is 6.54 Å². The molecule has 2 rings (SSSR count). The zero-order valence-corrected chi connectivity index (χ0v) is 11.0. The fourth-order valence-electron chi connectivity index (χ4n) is 1.32. The van der Waals surface area contributed by atoms with Gasteiger partial charge in [0.2, 0.25) is 0 Å². The summed E-state index contributed by atoms with van der Waals surface area (Å²) < 4.78 is 0. The monoisotopic (exact) mass is 269 g/mol. The van der Waals surface area contributed by atoms with Gasteiger partial charge >= 0.3 is 5.97 Å². The number of rotatable bonds is 4. The Hall–Kier alpha value is -1.47. The maximum atomic E-state index is 10.8. The van der Waals surface area contributed by atoms with Crippen LogP contribution in [0.3, 0.4) is 0 Å². The molecular formula is C10H11N3O2S2. The topological polar surface area (TPSA) is 75.1 Å². The van der Waals surface area contributed by atoms with Crippen molar-refractivity contribution in [3.63, 3.8) is 0 Å². The van der Waals surface area contributed by atoms with E-state index in [0.29, 0.717) is 16.6 Å². The van der Waals surface area contributed by atoms with Crippen LogP contribution in [0.15, 0.2) is 6.20 Å². The van der Waals surface area contributed by atoms with E-state index < -0.39 is 5.97 Å². The lowest BCUT2D eigenvalue weighted by Crippen LogP contribution is -2.00. The van der Waals surface area contributed by atoms with Crippen molar-refractivity contribution >= 4 is 33.8 Å². The van der Waals surface area contributed by atoms with Gasteiger partial charge < -0.3 is 10.4 Å². The minimum atomic E-state index is -0.986. The fourth-order valence-corrected chi connectivity index (χ4v) is 2.86. The summed E-state index contributed by atoms with van der Waals surface area (Å²) in [6, 6.07) is 0. The molecule has 0 aromatic carbocycles. The molecule has 0 aliphatic heterocycles. The standard InChI is InChI=1S/C10H11N3O2S2/c1-5-8(9(14)15)13-10(16-5)12-4-7-3-11-6(2)17-7/h3H,4H2,1-2H3,(H,12,13)(H,14,15). The second-order valence-electron chi connectivity index (χ2n) is 3.43. The Kier molecular flexibility index (Phi) is 3.39. The van der Waals surface area contributed by atoms with Crippen molar-refractivity contribution in [2.45, 2.75) is 20.4 Å². The molecule has 2 aromatic rings. The molecule has 2 heterocycles. The summed E-state index contributed by atoms with van der Waals surface area (Å²) in [5.74, 6) is -0.986. The molecule has 0 radical (unpaired) electrons. The highest BCUT2D eigenvalue weighted by atomic mass is 32.1. The van der Waals surface area contributed by atoms with Gasteiger partial charge in [-0.25, -0.2) is 14.8 Å². The van der Waals surface area contributed by atoms with Gasteiger partial charge in [-0.05, 0) is 13.8 Å². The van der Waals surface area contributed by atoms with Gasteiger partial charge in [-0.15, -0.1) is 22.7 Å². The van der Waals surface area contributed by atoms with Crippen molar-refractivity contribution < 1.29 is 9.90 Å². The molecule has 0 fully saturated rings. The van der Waals surface area contributed by atoms with Crippen molar-refractivity contribution in [2.24, 2.45) is 0 Å². The van der Waals surface area contributed by atoms with Gasteiger partial charge in [0, 0.05) is 16.0 Å². The van der Waals surface area contributed by atoms with E-state index in [-0.39, 0.29) is 5.69 Å². The fraction of sp³-hybridized carbons (Fsp3) is 0.300. The summed E-state index contributed by atoms with van der Waals surface area (Å²) in [4.78, 5) is 20.8. The Morgan fingerprint density at radius 3 is 2.76 bits per heavy atom. The zero-order chi connectivity index (χ0) is 12.4. The predicted octanol–water partition coefficient (Wildman–Crippen LogP) is 2.53. The van der Waals surface area contributed by atoms with E-state index in [4.69, 9.17) is 5.11 Å². The van der Waals surface area contributed by atoms with Crippen molar-refractivity contribution in [1.29, 1.82) is 0 Å². The van der Waals surface area contributed by atoms with Gasteiger partial charge in [-0.3, -0.25) is 0 Å². The molecule has 0 saturated heterocycles. The van der Waals surface area contributed by atoms with E-state index in [1.807, 2.05) is 13.1 Å². The van der Waals surface area contributed by atoms with Gasteiger partial charge in [0.25, 0.3) is 0 Å². The first-order valence-corrected chi connectivity index (χ1v) is 6.55. The highest BCUT2D eigenvalue weighted by molar-refractivity contribution is 7.15. The molecule has 7 heteroatoms. The van der Waals surface area contributed by atoms with Gasteiger partial charge in [-0.1, -0.05) is 0 Å². The van der Waals surface area contributed by atoms with Crippen molar-refractivity contribution in [1.82, 2.24) is 9.97 Å². The summed E-state index contributed by atoms with van der Waals surface area (Å²) in [7, 11) is 0. The highest BCUT2D eigenvalue weighted by Crippen LogP contribution is 2.23. The normalized spacial score (nSPS) is 10.5. The van der Waals surface area contributed by atoms with Crippen LogP contribution >= 0.6 is 22.7 Å². The van der Waals surface area contributed by atoms with Crippen LogP contribution < -0.4 is 5.32 Å². The molecule has 0 bridgehead atoms. The number of carbonyl (C=O) groups is 1. The van der Waals surface area contributed by atoms with E-state index in [1.54, 1.807) is 18.3 Å². The molecule has 0 aliphatic carbocycles. The molecular weight excluding hydrogens is 258 g/mol. The Labute approximate surface area is 106 Å². The number of thiazole rings is 2. The molecule has 0 saturated carbocycles. The second kappa shape index (κ2) is 4.80. The van der Waals surface area contributed by atoms with Crippen LogP contribution in [0.4, 0.5) is 5.13 Å². The van der Waals surface area contributed by atoms with Crippen LogP contribution in [0.2, 0.25) is 0 Å². The van der Waals surface area contributed by atoms with Crippen molar-refractivity contribution in [3.8, 4) is 0 Å². The Morgan fingerprint density at radius 2 is 2.24 bits per heavy atom. The number of carboxylic acid groups (broad SMARTS) is 1. The van der Waals surface area contributed by atoms with E-state index in [2.05, 4.69) is 15.3 Å². The first-order chi connectivity index (χ1) is 8.06. The average molecular weight is 269 g/mol. The summed E-state index contributed by atoms with van der Waals surface area (Å²) in [6.07, 6.45) is 1.81. The predicted molar refractivity (Wildman–Crippen MR) is 68.0 cm³/mol. The quantitative estimate of drug-likeness (QED) is 0.892. The maximum absolute atomic E-state index is 10.8. The van der Waals surface area contributed by atoms with E-state index >= 15 is 0 Å². The minimum absolute atomic E-state index is 0.123. The maximum Gasteiger partial charge on any atom is 0.355 e. The third-order valence-corrected chi connectivity index (χ3v) is 3.92. The highest BCUT2D eigenvalue weighted by Gasteiger charge is 2.13. The van der Waals surface area contributed by atoms with Gasteiger partial charge in [0.1, 0.15) is 0 Å². The molecule has 0 amide bonds. The van der Waals surface area contributed by atoms with Crippen molar-refractivity contribution in [2.75, 3.05) is 5.32 Å². The number of aromatic carboxylic acids is 1. The largest absolute Gasteiger partial charge is 0.476 e. The van der Waals surface area contributed by atoms with Crippen LogP contribution in [0.25, 0.3) is 0 Å². The lowest BCUT2D eigenvalue weighted by molar-refractivity contribution is 0.0690. The van der Waals surface area contributed by atoms with Crippen LogP contribution in [0.1, 0.15) is 25.3 Å². The number of anilines is 1. The van der Waals surface area contributed by atoms with Crippen molar-refractivity contribution in [3.05, 3.63) is 26.7 Å². The molecule has 2 aromatic heterocycles. The van der Waals surface area contributed by atoms with Crippen LogP contribution in [-0.4, -0.2) is 21.0 Å². The number of hydrogen-bond acceptors (Lipinski definition) is 6. The lowest BCUT2D eigenvalue weighted by atomic mass is 10.4. The SMILES string of the molecule is Cc1ncc(CNc2nc(C(=O)O)c(C)s2)s1. The first-order valence-electron chi connectivity index (χ1n) is 4.92. The van der Waals surface area contributed by atoms with Crippen LogP contribution in [0.5, 0.6) is 0 Å². The smallest absolute Gasteiger partial charge is 0.355 e. The lowest BCUT2D eigenvalue weighted by Gasteiger charge is -1.97. The summed E-state index contributed by atoms with van der Waals surface area (Å²) in [6.45, 7) is 4.32. The molecule has 0 aliphatic rings. The van der Waals surface area contributed by atoms with Crippen LogP contribution in [0, 0.1) is 13.8 Å². The molecule has 2 N–H and O–H groups in total. The number of aromatic nitrogens is 2. The molecule has 5 nitrogen and oxygen atoms in total. The number of aryl methyl sites for hydroxylation is 2. The average Bonchev–Trinajstić information content (AvgIpc) is 2.82. The number of carboxylic acids is 1. The summed E-state index contributed by atoms with van der Waals surface area (Å²) in [5, 5.41) is 13.6. The zero-order valence-electron chi connectivity index (χ0n) is 9.35. The Bertz CT molecular complexity index is 547. The Balaban J connectivity index is 2.04. The third-order valence-electron chi connectivity index (χ3n) is 2.08. The first kappa shape index (κ1) is 12.0. The molecule has 0 atom stereocenters. The molecule has 0 spiro atoms. The van der Waals surface area contributed by atoms with Gasteiger partial charge in [0.05, 0.1) is 11.6 Å². The minimum Gasteiger partial charge on any atom is -0.476 e. The van der Waals surface area contributed by atoms with Gasteiger partial charge in [-0.2, -0.15) is 0 Å². The number of nitrogens with zero attached hydrogens (tertiary/aromatic N) is 2. The number of hydrogen-bond donors (Lipinski definition) is 2. The Morgan fingerprint density at radius 1 is 1.47 bits per heavy atom. The molecule has 17 heavy (non-hydrogen) atoms. The van der Waals surface area contributed by atoms with Gasteiger partial charge in [0.15, 0.2) is 10.8 Å². The number of nitrogens with one attached hydrogen (secondary N) is 1. The third kappa shape index (κ3) is 2.80. The second-order valence-corrected chi connectivity index (χ2v) is 5.95.